The molecule has 0 aliphatic rings. The molecule has 0 aliphatic heterocycles. The Labute approximate surface area is 195 Å². The van der Waals surface area contributed by atoms with Gasteiger partial charge >= 0.3 is 0 Å². The molecule has 0 fully saturated rings. The van der Waals surface area contributed by atoms with Crippen LogP contribution in [0.3, 0.4) is 0 Å². The predicted octanol–water partition coefficient (Wildman–Crippen LogP) is 6.84. The lowest BCUT2D eigenvalue weighted by Gasteiger charge is -2.22. The Morgan fingerprint density at radius 3 is 2.22 bits per heavy atom. The number of benzene rings is 2. The Hall–Kier alpha value is -2.92. The van der Waals surface area contributed by atoms with E-state index in [1.807, 2.05) is 18.3 Å². The molecule has 5 heteroatoms. The second kappa shape index (κ2) is 8.91. The number of pyridine rings is 1. The summed E-state index contributed by atoms with van der Waals surface area (Å²) in [4.78, 5) is 4.28. The molecule has 0 radical (unpaired) electrons. The van der Waals surface area contributed by atoms with Crippen molar-refractivity contribution in [2.45, 2.75) is 57.9 Å². The summed E-state index contributed by atoms with van der Waals surface area (Å²) >= 11 is 1.73. The van der Waals surface area contributed by atoms with E-state index in [0.717, 1.165) is 28.0 Å². The quantitative estimate of drug-likeness (QED) is 0.317. The molecule has 4 rings (SSSR count). The second-order valence-corrected chi connectivity index (χ2v) is 10.2. The summed E-state index contributed by atoms with van der Waals surface area (Å²) < 4.78 is 2.16. The largest absolute Gasteiger partial charge is 0.270 e. The molecule has 2 aromatic carbocycles. The van der Waals surface area contributed by atoms with Crippen molar-refractivity contribution in [1.29, 1.82) is 0 Å². The Morgan fingerprint density at radius 2 is 1.59 bits per heavy atom. The molecule has 0 saturated heterocycles. The van der Waals surface area contributed by atoms with Crippen molar-refractivity contribution in [3.63, 3.8) is 0 Å². The number of hydrogen-bond donors (Lipinski definition) is 0. The van der Waals surface area contributed by atoms with Gasteiger partial charge in [0.25, 0.3) is 0 Å². The Balaban J connectivity index is 1.73. The maximum Gasteiger partial charge on any atom is 0.196 e. The summed E-state index contributed by atoms with van der Waals surface area (Å²) in [5.41, 5.74) is 8.78. The lowest BCUT2D eigenvalue weighted by molar-refractivity contribution is 0.589. The van der Waals surface area contributed by atoms with Crippen LogP contribution in [-0.2, 0) is 11.2 Å². The molecular weight excluding hydrogens is 412 g/mol. The predicted molar refractivity (Wildman–Crippen MR) is 134 cm³/mol. The lowest BCUT2D eigenvalue weighted by Crippen LogP contribution is -2.12. The van der Waals surface area contributed by atoms with Gasteiger partial charge in [0.15, 0.2) is 11.0 Å². The van der Waals surface area contributed by atoms with Crippen LogP contribution in [0.5, 0.6) is 0 Å². The molecule has 32 heavy (non-hydrogen) atoms. The van der Waals surface area contributed by atoms with E-state index in [9.17, 15) is 0 Å². The van der Waals surface area contributed by atoms with E-state index < -0.39 is 0 Å². The third kappa shape index (κ3) is 4.49. The number of hydrogen-bond acceptors (Lipinski definition) is 4. The summed E-state index contributed by atoms with van der Waals surface area (Å²) in [6, 6.07) is 17.0. The van der Waals surface area contributed by atoms with Crippen LogP contribution in [0.2, 0.25) is 0 Å². The fourth-order valence-corrected chi connectivity index (χ4v) is 5.01. The number of aryl methyl sites for hydroxylation is 3. The van der Waals surface area contributed by atoms with Crippen molar-refractivity contribution in [3.8, 4) is 17.1 Å². The molecule has 2 heterocycles. The maximum atomic E-state index is 4.59. The van der Waals surface area contributed by atoms with Gasteiger partial charge in [0.1, 0.15) is 0 Å². The minimum Gasteiger partial charge on any atom is -0.270 e. The highest BCUT2D eigenvalue weighted by Crippen LogP contribution is 2.33. The first kappa shape index (κ1) is 22.3. The standard InChI is InChI=1S/C27H30N4S/c1-18-10-7-8-12-24(18)31-25(21-11-9-13-28-16-21)29-30-26(31)32-17-23-19(2)14-22(15-20(23)3)27(4,5)6/h7-16H,17H2,1-6H3. The van der Waals surface area contributed by atoms with Gasteiger partial charge in [0.2, 0.25) is 0 Å². The minimum atomic E-state index is 0.144. The van der Waals surface area contributed by atoms with Crippen molar-refractivity contribution in [2.75, 3.05) is 0 Å². The molecule has 2 aromatic heterocycles. The first-order chi connectivity index (χ1) is 15.3. The monoisotopic (exact) mass is 442 g/mol. The first-order valence-electron chi connectivity index (χ1n) is 10.9. The average molecular weight is 443 g/mol. The van der Waals surface area contributed by atoms with Gasteiger partial charge in [-0.15, -0.1) is 10.2 Å². The molecule has 0 amide bonds. The van der Waals surface area contributed by atoms with Gasteiger partial charge in [-0.05, 0) is 72.2 Å². The molecule has 164 valence electrons. The molecule has 4 nitrogen and oxygen atoms in total. The maximum absolute atomic E-state index is 4.59. The highest BCUT2D eigenvalue weighted by atomic mass is 32.2. The Kier molecular flexibility index (Phi) is 6.20. The summed E-state index contributed by atoms with van der Waals surface area (Å²) in [6.07, 6.45) is 3.62. The molecule has 0 atom stereocenters. The molecule has 0 aliphatic carbocycles. The second-order valence-electron chi connectivity index (χ2n) is 9.30. The summed E-state index contributed by atoms with van der Waals surface area (Å²) in [5.74, 6) is 1.66. The van der Waals surface area contributed by atoms with Crippen LogP contribution < -0.4 is 0 Å². The average Bonchev–Trinajstić information content (AvgIpc) is 3.17. The van der Waals surface area contributed by atoms with Gasteiger partial charge in [-0.3, -0.25) is 9.55 Å². The molecule has 0 spiro atoms. The van der Waals surface area contributed by atoms with E-state index in [-0.39, 0.29) is 5.41 Å². The normalized spacial score (nSPS) is 11.7. The zero-order valence-corrected chi connectivity index (χ0v) is 20.5. The van der Waals surface area contributed by atoms with Gasteiger partial charge in [-0.25, -0.2) is 0 Å². The smallest absolute Gasteiger partial charge is 0.196 e. The molecule has 0 saturated carbocycles. The van der Waals surface area contributed by atoms with E-state index in [4.69, 9.17) is 0 Å². The van der Waals surface area contributed by atoms with Crippen molar-refractivity contribution in [1.82, 2.24) is 19.7 Å². The zero-order chi connectivity index (χ0) is 22.9. The van der Waals surface area contributed by atoms with Gasteiger partial charge in [0, 0.05) is 23.7 Å². The SMILES string of the molecule is Cc1ccccc1-n1c(SCc2c(C)cc(C(C)(C)C)cc2C)nnc1-c1cccnc1. The van der Waals surface area contributed by atoms with Gasteiger partial charge in [-0.1, -0.05) is 62.9 Å². The van der Waals surface area contributed by atoms with Gasteiger partial charge in [0.05, 0.1) is 5.69 Å². The highest BCUT2D eigenvalue weighted by molar-refractivity contribution is 7.98. The Morgan fingerprint density at radius 1 is 0.875 bits per heavy atom. The number of thioether (sulfide) groups is 1. The van der Waals surface area contributed by atoms with Crippen LogP contribution in [-0.4, -0.2) is 19.7 Å². The first-order valence-corrected chi connectivity index (χ1v) is 11.9. The summed E-state index contributed by atoms with van der Waals surface area (Å²) in [7, 11) is 0. The molecular formula is C27H30N4S. The highest BCUT2D eigenvalue weighted by Gasteiger charge is 2.20. The van der Waals surface area contributed by atoms with Crippen molar-refractivity contribution in [3.05, 3.63) is 88.7 Å². The number of rotatable bonds is 5. The van der Waals surface area contributed by atoms with Crippen LogP contribution in [0.15, 0.2) is 66.1 Å². The van der Waals surface area contributed by atoms with Crippen LogP contribution in [0.1, 0.15) is 48.6 Å². The topological polar surface area (TPSA) is 43.6 Å². The van der Waals surface area contributed by atoms with Crippen LogP contribution in [0.25, 0.3) is 17.1 Å². The van der Waals surface area contributed by atoms with E-state index in [1.165, 1.54) is 27.8 Å². The van der Waals surface area contributed by atoms with Crippen LogP contribution in [0.4, 0.5) is 0 Å². The van der Waals surface area contributed by atoms with Crippen LogP contribution >= 0.6 is 11.8 Å². The molecule has 0 unspecified atom stereocenters. The third-order valence-corrected chi connectivity index (χ3v) is 6.77. The molecule has 0 bridgehead atoms. The van der Waals surface area contributed by atoms with Gasteiger partial charge < -0.3 is 0 Å². The van der Waals surface area contributed by atoms with E-state index in [1.54, 1.807) is 18.0 Å². The number of para-hydroxylation sites is 1. The van der Waals surface area contributed by atoms with E-state index in [0.29, 0.717) is 0 Å². The molecule has 0 N–H and O–H groups in total. The molecule has 4 aromatic rings. The van der Waals surface area contributed by atoms with E-state index in [2.05, 4.69) is 97.7 Å². The summed E-state index contributed by atoms with van der Waals surface area (Å²) in [6.45, 7) is 13.3. The fraction of sp³-hybridized carbons (Fsp3) is 0.296. The fourth-order valence-electron chi connectivity index (χ4n) is 3.87. The lowest BCUT2D eigenvalue weighted by atomic mass is 9.84. The van der Waals surface area contributed by atoms with Crippen molar-refractivity contribution >= 4 is 11.8 Å². The number of nitrogens with zero attached hydrogens (tertiary/aromatic N) is 4. The van der Waals surface area contributed by atoms with Crippen LogP contribution in [0, 0.1) is 20.8 Å². The third-order valence-electron chi connectivity index (χ3n) is 5.82. The van der Waals surface area contributed by atoms with E-state index >= 15 is 0 Å². The Bertz CT molecular complexity index is 1210. The minimum absolute atomic E-state index is 0.144. The number of aromatic nitrogens is 4. The zero-order valence-electron chi connectivity index (χ0n) is 19.7. The summed E-state index contributed by atoms with van der Waals surface area (Å²) in [5, 5.41) is 10.0. The van der Waals surface area contributed by atoms with Crippen molar-refractivity contribution < 1.29 is 0 Å². The van der Waals surface area contributed by atoms with Gasteiger partial charge in [-0.2, -0.15) is 0 Å². The van der Waals surface area contributed by atoms with Crippen molar-refractivity contribution in [2.24, 2.45) is 0 Å².